The molecule has 0 saturated carbocycles. The molecule has 0 fully saturated rings. The molecular weight excluding hydrogens is 288 g/mol. The van der Waals surface area contributed by atoms with E-state index in [9.17, 15) is 9.90 Å². The lowest BCUT2D eigenvalue weighted by molar-refractivity contribution is 0.0600. The Labute approximate surface area is 125 Å². The number of ether oxygens (including phenoxy) is 1. The Kier molecular flexibility index (Phi) is 3.72. The van der Waals surface area contributed by atoms with Gasteiger partial charge in [0.1, 0.15) is 0 Å². The smallest absolute Gasteiger partial charge is 0.337 e. The number of carbonyl (C=O) groups excluding carboxylic acids is 1. The number of nitrogens with zero attached hydrogens (tertiary/aromatic N) is 2. The van der Waals surface area contributed by atoms with Gasteiger partial charge < -0.3 is 9.84 Å². The van der Waals surface area contributed by atoms with Gasteiger partial charge in [0.05, 0.1) is 31.2 Å². The molecule has 0 aliphatic heterocycles. The number of esters is 1. The molecule has 2 heterocycles. The first-order valence-electron chi connectivity index (χ1n) is 6.44. The van der Waals surface area contributed by atoms with Crippen molar-refractivity contribution < 1.29 is 14.6 Å². The average molecular weight is 302 g/mol. The molecule has 0 amide bonds. The molecule has 3 rings (SSSR count). The maximum Gasteiger partial charge on any atom is 0.337 e. The van der Waals surface area contributed by atoms with Crippen LogP contribution >= 0.6 is 11.3 Å². The van der Waals surface area contributed by atoms with Crippen LogP contribution in [0.25, 0.3) is 4.96 Å². The number of hydrogen-bond donors (Lipinski definition) is 1. The summed E-state index contributed by atoms with van der Waals surface area (Å²) in [5, 5.41) is 9.23. The third kappa shape index (κ3) is 2.68. The third-order valence-electron chi connectivity index (χ3n) is 3.25. The van der Waals surface area contributed by atoms with Gasteiger partial charge in [-0.2, -0.15) is 0 Å². The van der Waals surface area contributed by atoms with E-state index in [4.69, 9.17) is 0 Å². The molecule has 0 bridgehead atoms. The number of imidazole rings is 1. The molecule has 1 N–H and O–H groups in total. The minimum absolute atomic E-state index is 0.0227. The predicted octanol–water partition coefficient (Wildman–Crippen LogP) is 2.27. The first-order chi connectivity index (χ1) is 10.2. The number of carbonyl (C=O) groups is 1. The van der Waals surface area contributed by atoms with Crippen LogP contribution < -0.4 is 0 Å². The van der Waals surface area contributed by atoms with Gasteiger partial charge in [0, 0.05) is 17.5 Å². The highest BCUT2D eigenvalue weighted by molar-refractivity contribution is 7.17. The highest BCUT2D eigenvalue weighted by atomic mass is 32.1. The maximum absolute atomic E-state index is 11.4. The molecular formula is C15H14N2O3S. The van der Waals surface area contributed by atoms with E-state index >= 15 is 0 Å². The highest BCUT2D eigenvalue weighted by Gasteiger charge is 2.09. The predicted molar refractivity (Wildman–Crippen MR) is 79.6 cm³/mol. The van der Waals surface area contributed by atoms with Gasteiger partial charge in [-0.3, -0.25) is 4.40 Å². The lowest BCUT2D eigenvalue weighted by Gasteiger charge is -2.01. The van der Waals surface area contributed by atoms with Crippen molar-refractivity contribution in [2.24, 2.45) is 0 Å². The first-order valence-corrected chi connectivity index (χ1v) is 7.25. The molecule has 21 heavy (non-hydrogen) atoms. The summed E-state index contributed by atoms with van der Waals surface area (Å²) in [5.41, 5.74) is 2.44. The zero-order valence-electron chi connectivity index (χ0n) is 11.4. The average Bonchev–Trinajstić information content (AvgIpc) is 3.06. The van der Waals surface area contributed by atoms with E-state index in [0.29, 0.717) is 5.56 Å². The minimum atomic E-state index is -0.330. The second kappa shape index (κ2) is 5.67. The fourth-order valence-corrected chi connectivity index (χ4v) is 3.16. The number of aliphatic hydroxyl groups is 1. The molecule has 5 nitrogen and oxygen atoms in total. The molecule has 108 valence electrons. The van der Waals surface area contributed by atoms with Crippen LogP contribution in [0.2, 0.25) is 0 Å². The summed E-state index contributed by atoms with van der Waals surface area (Å²) in [6.45, 7) is -0.0227. The number of aromatic nitrogens is 2. The summed E-state index contributed by atoms with van der Waals surface area (Å²) < 4.78 is 6.58. The van der Waals surface area contributed by atoms with E-state index in [0.717, 1.165) is 27.5 Å². The fraction of sp³-hybridized carbons (Fsp3) is 0.200. The maximum atomic E-state index is 11.4. The Bertz CT molecular complexity index is 774. The quantitative estimate of drug-likeness (QED) is 0.751. The molecule has 0 saturated heterocycles. The lowest BCUT2D eigenvalue weighted by Crippen LogP contribution is -2.00. The topological polar surface area (TPSA) is 63.8 Å². The molecule has 6 heteroatoms. The number of rotatable bonds is 4. The zero-order valence-corrected chi connectivity index (χ0v) is 12.3. The second-order valence-electron chi connectivity index (χ2n) is 4.62. The Morgan fingerprint density at radius 2 is 2.14 bits per heavy atom. The lowest BCUT2D eigenvalue weighted by atomic mass is 10.1. The molecule has 0 atom stereocenters. The van der Waals surface area contributed by atoms with Crippen molar-refractivity contribution >= 4 is 22.3 Å². The molecule has 2 aromatic heterocycles. The summed E-state index contributed by atoms with van der Waals surface area (Å²) in [7, 11) is 1.37. The van der Waals surface area contributed by atoms with Crippen LogP contribution in [0.4, 0.5) is 0 Å². The van der Waals surface area contributed by atoms with Crippen molar-refractivity contribution in [1.29, 1.82) is 0 Å². The fourth-order valence-electron chi connectivity index (χ4n) is 2.15. The van der Waals surface area contributed by atoms with Gasteiger partial charge in [0.25, 0.3) is 0 Å². The van der Waals surface area contributed by atoms with Crippen LogP contribution in [0.1, 0.15) is 26.5 Å². The number of aliphatic hydroxyl groups excluding tert-OH is 1. The van der Waals surface area contributed by atoms with E-state index in [2.05, 4.69) is 9.72 Å². The minimum Gasteiger partial charge on any atom is -0.465 e. The first kappa shape index (κ1) is 13.8. The van der Waals surface area contributed by atoms with Crippen molar-refractivity contribution in [3.8, 4) is 0 Å². The van der Waals surface area contributed by atoms with Crippen molar-refractivity contribution in [3.63, 3.8) is 0 Å². The van der Waals surface area contributed by atoms with E-state index in [1.165, 1.54) is 7.11 Å². The van der Waals surface area contributed by atoms with Gasteiger partial charge in [-0.25, -0.2) is 9.78 Å². The molecule has 1 aromatic carbocycles. The van der Waals surface area contributed by atoms with Crippen molar-refractivity contribution in [1.82, 2.24) is 9.38 Å². The van der Waals surface area contributed by atoms with Crippen molar-refractivity contribution in [3.05, 3.63) is 58.4 Å². The van der Waals surface area contributed by atoms with Crippen LogP contribution in [0.15, 0.2) is 36.7 Å². The number of hydrogen-bond acceptors (Lipinski definition) is 5. The summed E-state index contributed by atoms with van der Waals surface area (Å²) in [4.78, 5) is 17.7. The van der Waals surface area contributed by atoms with E-state index in [1.807, 2.05) is 22.7 Å². The van der Waals surface area contributed by atoms with E-state index in [-0.39, 0.29) is 12.6 Å². The molecule has 3 aromatic rings. The van der Waals surface area contributed by atoms with E-state index < -0.39 is 0 Å². The van der Waals surface area contributed by atoms with Crippen LogP contribution in [-0.4, -0.2) is 27.6 Å². The van der Waals surface area contributed by atoms with Gasteiger partial charge >= 0.3 is 5.97 Å². The summed E-state index contributed by atoms with van der Waals surface area (Å²) in [6.07, 6.45) is 4.44. The van der Waals surface area contributed by atoms with Crippen molar-refractivity contribution in [2.45, 2.75) is 13.0 Å². The summed E-state index contributed by atoms with van der Waals surface area (Å²) in [5.74, 6) is -0.330. The monoisotopic (exact) mass is 302 g/mol. The Morgan fingerprint density at radius 3 is 2.81 bits per heavy atom. The van der Waals surface area contributed by atoms with E-state index in [1.54, 1.807) is 29.7 Å². The molecule has 0 spiro atoms. The number of benzene rings is 1. The van der Waals surface area contributed by atoms with Gasteiger partial charge in [-0.05, 0) is 17.7 Å². The molecule has 0 radical (unpaired) electrons. The Hall–Kier alpha value is -2.18. The van der Waals surface area contributed by atoms with Crippen LogP contribution in [-0.2, 0) is 17.8 Å². The van der Waals surface area contributed by atoms with Gasteiger partial charge in [0.2, 0.25) is 0 Å². The normalized spacial score (nSPS) is 11.0. The van der Waals surface area contributed by atoms with Gasteiger partial charge in [0.15, 0.2) is 4.96 Å². The van der Waals surface area contributed by atoms with Gasteiger partial charge in [-0.1, -0.05) is 12.1 Å². The highest BCUT2D eigenvalue weighted by Crippen LogP contribution is 2.22. The Balaban J connectivity index is 1.81. The third-order valence-corrected chi connectivity index (χ3v) is 4.25. The molecule has 0 aliphatic rings. The van der Waals surface area contributed by atoms with Crippen LogP contribution in [0.3, 0.4) is 0 Å². The van der Waals surface area contributed by atoms with Crippen LogP contribution in [0.5, 0.6) is 0 Å². The number of thiazole rings is 1. The van der Waals surface area contributed by atoms with Gasteiger partial charge in [-0.15, -0.1) is 11.3 Å². The number of methoxy groups -OCH3 is 1. The molecule has 0 aliphatic carbocycles. The van der Waals surface area contributed by atoms with Crippen molar-refractivity contribution in [2.75, 3.05) is 7.11 Å². The SMILES string of the molecule is COC(=O)c1ccc(Cc2cn3c(CO)cnc3s2)cc1. The second-order valence-corrected chi connectivity index (χ2v) is 5.72. The molecule has 0 unspecified atom stereocenters. The summed E-state index contributed by atoms with van der Waals surface area (Å²) >= 11 is 1.59. The Morgan fingerprint density at radius 1 is 1.38 bits per heavy atom. The summed E-state index contributed by atoms with van der Waals surface area (Å²) in [6, 6.07) is 7.36. The van der Waals surface area contributed by atoms with Crippen LogP contribution in [0, 0.1) is 0 Å². The zero-order chi connectivity index (χ0) is 14.8. The standard InChI is InChI=1S/C15H14N2O3S/c1-20-14(19)11-4-2-10(3-5-11)6-13-8-17-12(9-18)7-16-15(17)21-13/h2-5,7-8,18H,6,9H2,1H3. The largest absolute Gasteiger partial charge is 0.465 e. The number of fused-ring (bicyclic) bond motifs is 1.